The van der Waals surface area contributed by atoms with Gasteiger partial charge >= 0.3 is 0 Å². The van der Waals surface area contributed by atoms with Gasteiger partial charge in [-0.15, -0.1) is 0 Å². The van der Waals surface area contributed by atoms with Crippen LogP contribution in [-0.4, -0.2) is 36.3 Å². The maximum atomic E-state index is 13.1. The van der Waals surface area contributed by atoms with Crippen molar-refractivity contribution in [3.63, 3.8) is 0 Å². The normalized spacial score (nSPS) is 15.8. The van der Waals surface area contributed by atoms with Crippen molar-refractivity contribution in [2.24, 2.45) is 11.7 Å². The second-order valence-corrected chi connectivity index (χ2v) is 7.83. The zero-order chi connectivity index (χ0) is 21.0. The van der Waals surface area contributed by atoms with Crippen LogP contribution in [0.15, 0.2) is 42.5 Å². The molecule has 0 aromatic heterocycles. The molecule has 1 saturated heterocycles. The van der Waals surface area contributed by atoms with Gasteiger partial charge in [-0.1, -0.05) is 19.1 Å². The number of carbonyl (C=O) groups excluding carboxylic acids is 2. The number of hydrogen-bond donors (Lipinski definition) is 2. The number of amides is 2. The first-order chi connectivity index (χ1) is 13.9. The Morgan fingerprint density at radius 3 is 2.41 bits per heavy atom. The minimum Gasteiger partial charge on any atom is -0.339 e. The van der Waals surface area contributed by atoms with E-state index in [9.17, 15) is 14.0 Å². The molecule has 1 fully saturated rings. The van der Waals surface area contributed by atoms with Crippen molar-refractivity contribution in [1.29, 1.82) is 0 Å². The van der Waals surface area contributed by atoms with Crippen LogP contribution in [0.5, 0.6) is 0 Å². The molecule has 1 aliphatic rings. The number of benzene rings is 2. The van der Waals surface area contributed by atoms with E-state index in [4.69, 9.17) is 5.73 Å². The predicted octanol–water partition coefficient (Wildman–Crippen LogP) is 3.69. The maximum Gasteiger partial charge on any atom is 0.253 e. The molecule has 1 unspecified atom stereocenters. The van der Waals surface area contributed by atoms with Crippen LogP contribution < -0.4 is 11.1 Å². The summed E-state index contributed by atoms with van der Waals surface area (Å²) in [5, 5.41) is 2.89. The zero-order valence-electron chi connectivity index (χ0n) is 17.0. The topological polar surface area (TPSA) is 75.4 Å². The molecule has 1 aliphatic heterocycles. The fraction of sp³-hybridized carbons (Fsp3) is 0.391. The lowest BCUT2D eigenvalue weighted by molar-refractivity contribution is -0.117. The summed E-state index contributed by atoms with van der Waals surface area (Å²) in [6.07, 6.45) is 2.06. The summed E-state index contributed by atoms with van der Waals surface area (Å²) in [6.45, 7) is 5.76. The van der Waals surface area contributed by atoms with Crippen LogP contribution in [0, 0.1) is 18.7 Å². The quantitative estimate of drug-likeness (QED) is 0.808. The van der Waals surface area contributed by atoms with Crippen LogP contribution in [0.3, 0.4) is 0 Å². The number of anilines is 1. The summed E-state index contributed by atoms with van der Waals surface area (Å²) in [6, 6.07) is 11.1. The van der Waals surface area contributed by atoms with E-state index in [1.807, 2.05) is 17.9 Å². The summed E-state index contributed by atoms with van der Waals surface area (Å²) in [5.74, 6) is -0.499. The minimum absolute atomic E-state index is 0.0315. The highest BCUT2D eigenvalue weighted by Gasteiger charge is 2.23. The Bertz CT molecular complexity index is 874. The van der Waals surface area contributed by atoms with Gasteiger partial charge in [0.05, 0.1) is 5.92 Å². The number of piperidine rings is 1. The molecule has 6 heteroatoms. The molecule has 5 nitrogen and oxygen atoms in total. The zero-order valence-corrected chi connectivity index (χ0v) is 17.0. The monoisotopic (exact) mass is 397 g/mol. The van der Waals surface area contributed by atoms with Crippen molar-refractivity contribution in [3.8, 4) is 0 Å². The number of carbonyl (C=O) groups is 2. The smallest absolute Gasteiger partial charge is 0.253 e. The number of likely N-dealkylation sites (tertiary alicyclic amines) is 1. The first-order valence-electron chi connectivity index (χ1n) is 10.1. The lowest BCUT2D eigenvalue weighted by Crippen LogP contribution is -2.37. The summed E-state index contributed by atoms with van der Waals surface area (Å²) < 4.78 is 13.1. The minimum atomic E-state index is -0.577. The van der Waals surface area contributed by atoms with Gasteiger partial charge in [0.15, 0.2) is 0 Å². The molecule has 2 aromatic rings. The largest absolute Gasteiger partial charge is 0.339 e. The Hall–Kier alpha value is -2.73. The Kier molecular flexibility index (Phi) is 6.64. The molecule has 0 spiro atoms. The number of nitrogens with two attached hydrogens (primary N) is 1. The van der Waals surface area contributed by atoms with Crippen LogP contribution in [0.2, 0.25) is 0 Å². The van der Waals surface area contributed by atoms with Gasteiger partial charge in [0.2, 0.25) is 5.91 Å². The number of nitrogens with one attached hydrogen (secondary N) is 1. The van der Waals surface area contributed by atoms with Crippen molar-refractivity contribution < 1.29 is 14.0 Å². The Balaban J connectivity index is 1.70. The van der Waals surface area contributed by atoms with Gasteiger partial charge in [-0.25, -0.2) is 4.39 Å². The van der Waals surface area contributed by atoms with E-state index in [0.29, 0.717) is 22.7 Å². The van der Waals surface area contributed by atoms with Gasteiger partial charge in [0.1, 0.15) is 5.82 Å². The van der Waals surface area contributed by atoms with Crippen molar-refractivity contribution >= 4 is 17.5 Å². The van der Waals surface area contributed by atoms with Crippen LogP contribution in [-0.2, 0) is 4.79 Å². The molecule has 2 amide bonds. The molecule has 2 aromatic carbocycles. The number of nitrogens with zero attached hydrogens (tertiary/aromatic N) is 1. The molecule has 29 heavy (non-hydrogen) atoms. The Labute approximate surface area is 171 Å². The van der Waals surface area contributed by atoms with E-state index < -0.39 is 5.92 Å². The van der Waals surface area contributed by atoms with Crippen LogP contribution in [0.4, 0.5) is 10.1 Å². The Morgan fingerprint density at radius 1 is 1.17 bits per heavy atom. The molecular formula is C23H28FN3O2. The number of aryl methyl sites for hydroxylation is 1. The first kappa shape index (κ1) is 21.0. The molecule has 0 radical (unpaired) electrons. The molecule has 3 rings (SSSR count). The summed E-state index contributed by atoms with van der Waals surface area (Å²) in [7, 11) is 0. The SMILES string of the molecule is Cc1cc(C(=O)N2CCC(C)CC2)ccc1NC(=O)C(CN)c1ccc(F)cc1. The second kappa shape index (κ2) is 9.18. The lowest BCUT2D eigenvalue weighted by Gasteiger charge is -2.30. The van der Waals surface area contributed by atoms with Gasteiger partial charge in [-0.05, 0) is 67.1 Å². The van der Waals surface area contributed by atoms with Crippen LogP contribution >= 0.6 is 0 Å². The van der Waals surface area contributed by atoms with E-state index in [1.54, 1.807) is 24.3 Å². The second-order valence-electron chi connectivity index (χ2n) is 7.83. The molecular weight excluding hydrogens is 369 g/mol. The fourth-order valence-electron chi connectivity index (χ4n) is 3.64. The van der Waals surface area contributed by atoms with E-state index in [1.165, 1.54) is 12.1 Å². The highest BCUT2D eigenvalue weighted by atomic mass is 19.1. The van der Waals surface area contributed by atoms with Gasteiger partial charge in [-0.2, -0.15) is 0 Å². The average Bonchev–Trinajstić information content (AvgIpc) is 2.71. The molecule has 0 bridgehead atoms. The van der Waals surface area contributed by atoms with Gasteiger partial charge < -0.3 is 16.0 Å². The van der Waals surface area contributed by atoms with Crippen LogP contribution in [0.1, 0.15) is 47.2 Å². The first-order valence-corrected chi connectivity index (χ1v) is 10.1. The third kappa shape index (κ3) is 5.01. The van der Waals surface area contributed by atoms with E-state index >= 15 is 0 Å². The molecule has 3 N–H and O–H groups in total. The standard InChI is InChI=1S/C23H28FN3O2/c1-15-9-11-27(12-10-15)23(29)18-5-8-21(16(2)13-18)26-22(28)20(14-25)17-3-6-19(24)7-4-17/h3-8,13,15,20H,9-12,14,25H2,1-2H3,(H,26,28). The maximum absolute atomic E-state index is 13.1. The summed E-state index contributed by atoms with van der Waals surface area (Å²) >= 11 is 0. The highest BCUT2D eigenvalue weighted by molar-refractivity contribution is 5.98. The van der Waals surface area contributed by atoms with Crippen LogP contribution in [0.25, 0.3) is 0 Å². The predicted molar refractivity (Wildman–Crippen MR) is 112 cm³/mol. The van der Waals surface area contributed by atoms with Crippen molar-refractivity contribution in [3.05, 3.63) is 65.0 Å². The van der Waals surface area contributed by atoms with E-state index in [-0.39, 0.29) is 24.2 Å². The fourth-order valence-corrected chi connectivity index (χ4v) is 3.64. The van der Waals surface area contributed by atoms with Gasteiger partial charge in [-0.3, -0.25) is 9.59 Å². The summed E-state index contributed by atoms with van der Waals surface area (Å²) in [4.78, 5) is 27.4. The van der Waals surface area contributed by atoms with Crippen molar-refractivity contribution in [2.45, 2.75) is 32.6 Å². The van der Waals surface area contributed by atoms with Crippen molar-refractivity contribution in [1.82, 2.24) is 4.90 Å². The lowest BCUT2D eigenvalue weighted by atomic mass is 9.97. The Morgan fingerprint density at radius 2 is 1.83 bits per heavy atom. The number of halogens is 1. The molecule has 1 heterocycles. The molecule has 1 atom stereocenters. The number of rotatable bonds is 5. The highest BCUT2D eigenvalue weighted by Crippen LogP contribution is 2.23. The number of hydrogen-bond acceptors (Lipinski definition) is 3. The van der Waals surface area contributed by atoms with E-state index in [0.717, 1.165) is 31.5 Å². The summed E-state index contributed by atoms with van der Waals surface area (Å²) in [5.41, 5.74) is 8.53. The van der Waals surface area contributed by atoms with Gasteiger partial charge in [0, 0.05) is 30.9 Å². The molecule has 0 aliphatic carbocycles. The third-order valence-corrected chi connectivity index (χ3v) is 5.63. The third-order valence-electron chi connectivity index (χ3n) is 5.63. The molecule has 154 valence electrons. The van der Waals surface area contributed by atoms with E-state index in [2.05, 4.69) is 12.2 Å². The molecule has 0 saturated carbocycles. The van der Waals surface area contributed by atoms with Crippen molar-refractivity contribution in [2.75, 3.05) is 25.0 Å². The van der Waals surface area contributed by atoms with Gasteiger partial charge in [0.25, 0.3) is 5.91 Å². The average molecular weight is 397 g/mol.